The molecule has 0 saturated heterocycles. The van der Waals surface area contributed by atoms with E-state index in [1.54, 1.807) is 11.8 Å². The molecule has 0 spiro atoms. The zero-order valence-corrected chi connectivity index (χ0v) is 12.9. The van der Waals surface area contributed by atoms with Crippen LogP contribution in [0.4, 0.5) is 5.69 Å². The van der Waals surface area contributed by atoms with Gasteiger partial charge in [-0.2, -0.15) is 0 Å². The van der Waals surface area contributed by atoms with Crippen molar-refractivity contribution in [3.05, 3.63) is 48.0 Å². The van der Waals surface area contributed by atoms with Gasteiger partial charge in [0.05, 0.1) is 13.2 Å². The highest BCUT2D eigenvalue weighted by atomic mass is 32.2. The average Bonchev–Trinajstić information content (AvgIpc) is 2.78. The van der Waals surface area contributed by atoms with Crippen molar-refractivity contribution in [1.29, 1.82) is 0 Å². The number of benzene rings is 2. The summed E-state index contributed by atoms with van der Waals surface area (Å²) in [5, 5.41) is 3.49. The van der Waals surface area contributed by atoms with Crippen molar-refractivity contribution in [3.8, 4) is 11.5 Å². The Labute approximate surface area is 129 Å². The highest BCUT2D eigenvalue weighted by molar-refractivity contribution is 7.98. The van der Waals surface area contributed by atoms with Gasteiger partial charge in [-0.05, 0) is 36.1 Å². The maximum atomic E-state index is 5.73. The lowest BCUT2D eigenvalue weighted by Crippen LogP contribution is -2.01. The molecule has 0 atom stereocenters. The van der Waals surface area contributed by atoms with Crippen LogP contribution in [0, 0.1) is 0 Å². The summed E-state index contributed by atoms with van der Waals surface area (Å²) in [6, 6.07) is 14.5. The zero-order chi connectivity index (χ0) is 14.5. The van der Waals surface area contributed by atoms with E-state index < -0.39 is 0 Å². The molecule has 1 N–H and O–H groups in total. The van der Waals surface area contributed by atoms with E-state index in [2.05, 4.69) is 48.0 Å². The maximum absolute atomic E-state index is 5.73. The normalized spacial score (nSPS) is 13.6. The van der Waals surface area contributed by atoms with Crippen LogP contribution in [0.1, 0.15) is 12.0 Å². The van der Waals surface area contributed by atoms with Crippen molar-refractivity contribution in [1.82, 2.24) is 0 Å². The van der Waals surface area contributed by atoms with E-state index >= 15 is 0 Å². The third kappa shape index (κ3) is 3.45. The van der Waals surface area contributed by atoms with E-state index in [0.717, 1.165) is 43.4 Å². The zero-order valence-electron chi connectivity index (χ0n) is 12.1. The Kier molecular flexibility index (Phi) is 4.55. The van der Waals surface area contributed by atoms with E-state index in [4.69, 9.17) is 9.47 Å². The van der Waals surface area contributed by atoms with Crippen molar-refractivity contribution in [2.24, 2.45) is 0 Å². The van der Waals surface area contributed by atoms with Gasteiger partial charge in [0.2, 0.25) is 0 Å². The second kappa shape index (κ2) is 6.76. The van der Waals surface area contributed by atoms with E-state index in [1.807, 2.05) is 6.07 Å². The predicted octanol–water partition coefficient (Wildman–Crippen LogP) is 4.18. The molecular weight excluding hydrogens is 282 g/mol. The number of ether oxygens (including phenoxy) is 2. The third-order valence-electron chi connectivity index (χ3n) is 3.40. The first kappa shape index (κ1) is 14.1. The summed E-state index contributed by atoms with van der Waals surface area (Å²) in [5.74, 6) is 1.70. The molecule has 21 heavy (non-hydrogen) atoms. The first-order valence-electron chi connectivity index (χ1n) is 7.12. The van der Waals surface area contributed by atoms with Crippen molar-refractivity contribution >= 4 is 17.4 Å². The van der Waals surface area contributed by atoms with E-state index in [9.17, 15) is 0 Å². The molecule has 0 bridgehead atoms. The molecule has 0 amide bonds. The summed E-state index contributed by atoms with van der Waals surface area (Å²) in [6.07, 6.45) is 3.03. The predicted molar refractivity (Wildman–Crippen MR) is 87.6 cm³/mol. The van der Waals surface area contributed by atoms with Crippen molar-refractivity contribution < 1.29 is 9.47 Å². The molecule has 2 aromatic carbocycles. The van der Waals surface area contributed by atoms with Gasteiger partial charge in [0.15, 0.2) is 11.5 Å². The summed E-state index contributed by atoms with van der Waals surface area (Å²) < 4.78 is 11.4. The number of para-hydroxylation sites is 1. The van der Waals surface area contributed by atoms with E-state index in [1.165, 1.54) is 10.5 Å². The van der Waals surface area contributed by atoms with Crippen LogP contribution in [0.25, 0.3) is 0 Å². The summed E-state index contributed by atoms with van der Waals surface area (Å²) in [5.41, 5.74) is 2.35. The Bertz CT molecular complexity index is 615. The minimum absolute atomic E-state index is 0.721. The molecule has 1 aliphatic rings. The van der Waals surface area contributed by atoms with Gasteiger partial charge in [-0.25, -0.2) is 0 Å². The highest BCUT2D eigenvalue weighted by Crippen LogP contribution is 2.31. The van der Waals surface area contributed by atoms with Gasteiger partial charge in [0.25, 0.3) is 0 Å². The fourth-order valence-corrected chi connectivity index (χ4v) is 2.88. The fraction of sp³-hybridized carbons (Fsp3) is 0.294. The Morgan fingerprint density at radius 1 is 1.05 bits per heavy atom. The summed E-state index contributed by atoms with van der Waals surface area (Å²) in [4.78, 5) is 1.26. The minimum atomic E-state index is 0.721. The third-order valence-corrected chi connectivity index (χ3v) is 4.20. The number of fused-ring (bicyclic) bond motifs is 1. The number of anilines is 1. The number of rotatable bonds is 4. The van der Waals surface area contributed by atoms with Gasteiger partial charge < -0.3 is 14.8 Å². The van der Waals surface area contributed by atoms with Crippen LogP contribution < -0.4 is 14.8 Å². The standard InChI is InChI=1S/C17H19NO2S/c1-21-17-6-3-2-5-14(17)18-12-13-7-8-15-16(11-13)20-10-4-9-19-15/h2-3,5-8,11,18H,4,9-10,12H2,1H3. The minimum Gasteiger partial charge on any atom is -0.490 e. The van der Waals surface area contributed by atoms with Crippen LogP contribution in [0.3, 0.4) is 0 Å². The fourth-order valence-electron chi connectivity index (χ4n) is 2.31. The highest BCUT2D eigenvalue weighted by Gasteiger charge is 2.10. The van der Waals surface area contributed by atoms with E-state index in [-0.39, 0.29) is 0 Å². The Balaban J connectivity index is 1.72. The van der Waals surface area contributed by atoms with Crippen LogP contribution in [0.5, 0.6) is 11.5 Å². The second-order valence-corrected chi connectivity index (χ2v) is 5.73. The Morgan fingerprint density at radius 3 is 2.71 bits per heavy atom. The summed E-state index contributed by atoms with van der Waals surface area (Å²) >= 11 is 1.75. The molecule has 0 aliphatic carbocycles. The van der Waals surface area contributed by atoms with Gasteiger partial charge in [-0.3, -0.25) is 0 Å². The van der Waals surface area contributed by atoms with E-state index in [0.29, 0.717) is 0 Å². The monoisotopic (exact) mass is 301 g/mol. The van der Waals surface area contributed by atoms with Crippen LogP contribution in [-0.2, 0) is 6.54 Å². The summed E-state index contributed by atoms with van der Waals surface area (Å²) in [6.45, 7) is 2.22. The molecule has 110 valence electrons. The molecule has 0 saturated carbocycles. The molecule has 3 rings (SSSR count). The van der Waals surface area contributed by atoms with Gasteiger partial charge in [0, 0.05) is 23.5 Å². The molecule has 1 heterocycles. The first-order chi connectivity index (χ1) is 10.4. The molecule has 0 radical (unpaired) electrons. The van der Waals surface area contributed by atoms with Crippen LogP contribution in [0.2, 0.25) is 0 Å². The lowest BCUT2D eigenvalue weighted by atomic mass is 10.2. The lowest BCUT2D eigenvalue weighted by molar-refractivity contribution is 0.297. The molecule has 4 heteroatoms. The van der Waals surface area contributed by atoms with Crippen molar-refractivity contribution in [3.63, 3.8) is 0 Å². The van der Waals surface area contributed by atoms with Crippen molar-refractivity contribution in [2.75, 3.05) is 24.8 Å². The van der Waals surface area contributed by atoms with Crippen LogP contribution >= 0.6 is 11.8 Å². The second-order valence-electron chi connectivity index (χ2n) is 4.89. The summed E-state index contributed by atoms with van der Waals surface area (Å²) in [7, 11) is 0. The molecule has 2 aromatic rings. The number of nitrogens with one attached hydrogen (secondary N) is 1. The molecule has 1 aliphatic heterocycles. The Morgan fingerprint density at radius 2 is 1.86 bits per heavy atom. The number of hydrogen-bond donors (Lipinski definition) is 1. The lowest BCUT2D eigenvalue weighted by Gasteiger charge is -2.12. The smallest absolute Gasteiger partial charge is 0.161 e. The van der Waals surface area contributed by atoms with Crippen LogP contribution in [-0.4, -0.2) is 19.5 Å². The quantitative estimate of drug-likeness (QED) is 0.858. The molecule has 0 fully saturated rings. The average molecular weight is 301 g/mol. The van der Waals surface area contributed by atoms with Crippen LogP contribution in [0.15, 0.2) is 47.4 Å². The van der Waals surface area contributed by atoms with Gasteiger partial charge >= 0.3 is 0 Å². The number of hydrogen-bond acceptors (Lipinski definition) is 4. The maximum Gasteiger partial charge on any atom is 0.161 e. The SMILES string of the molecule is CSc1ccccc1NCc1ccc2c(c1)OCCCO2. The molecule has 0 aromatic heterocycles. The molecular formula is C17H19NO2S. The number of thioether (sulfide) groups is 1. The van der Waals surface area contributed by atoms with Gasteiger partial charge in [-0.15, -0.1) is 11.8 Å². The Hall–Kier alpha value is -1.81. The largest absolute Gasteiger partial charge is 0.490 e. The first-order valence-corrected chi connectivity index (χ1v) is 8.35. The van der Waals surface area contributed by atoms with Crippen molar-refractivity contribution in [2.45, 2.75) is 17.9 Å². The topological polar surface area (TPSA) is 30.5 Å². The molecule has 0 unspecified atom stereocenters. The molecule has 3 nitrogen and oxygen atoms in total. The van der Waals surface area contributed by atoms with Gasteiger partial charge in [0.1, 0.15) is 0 Å². The van der Waals surface area contributed by atoms with Gasteiger partial charge in [-0.1, -0.05) is 18.2 Å².